The fourth-order valence-electron chi connectivity index (χ4n) is 2.39. The second kappa shape index (κ2) is 6.31. The molecule has 0 fully saturated rings. The highest BCUT2D eigenvalue weighted by atomic mass is 19.4. The number of halogens is 3. The van der Waals surface area contributed by atoms with Crippen LogP contribution in [-0.2, 0) is 6.18 Å². The predicted molar refractivity (Wildman–Crippen MR) is 79.0 cm³/mol. The van der Waals surface area contributed by atoms with Crippen molar-refractivity contribution in [3.05, 3.63) is 59.7 Å². The highest BCUT2D eigenvalue weighted by Gasteiger charge is 2.29. The third-order valence-electron chi connectivity index (χ3n) is 3.59. The molecule has 4 heteroatoms. The van der Waals surface area contributed by atoms with Crippen LogP contribution in [0.25, 0.3) is 11.1 Å². The van der Waals surface area contributed by atoms with E-state index in [1.165, 1.54) is 12.1 Å². The van der Waals surface area contributed by atoms with Crippen molar-refractivity contribution in [2.75, 3.05) is 7.05 Å². The summed E-state index contributed by atoms with van der Waals surface area (Å²) in [4.78, 5) is 0. The molecule has 0 aliphatic rings. The maximum Gasteiger partial charge on any atom is 0.416 e. The van der Waals surface area contributed by atoms with Gasteiger partial charge in [0, 0.05) is 6.04 Å². The minimum atomic E-state index is -4.29. The van der Waals surface area contributed by atoms with Crippen LogP contribution in [0.3, 0.4) is 0 Å². The van der Waals surface area contributed by atoms with Gasteiger partial charge in [-0.3, -0.25) is 0 Å². The summed E-state index contributed by atoms with van der Waals surface area (Å²) in [6.07, 6.45) is -3.34. The molecule has 0 bridgehead atoms. The topological polar surface area (TPSA) is 12.0 Å². The lowest BCUT2D eigenvalue weighted by molar-refractivity contribution is -0.137. The fourth-order valence-corrected chi connectivity index (χ4v) is 2.39. The molecule has 1 N–H and O–H groups in total. The Morgan fingerprint density at radius 1 is 1.00 bits per heavy atom. The van der Waals surface area contributed by atoms with Crippen LogP contribution >= 0.6 is 0 Å². The van der Waals surface area contributed by atoms with E-state index < -0.39 is 11.7 Å². The normalized spacial score (nSPS) is 13.2. The van der Waals surface area contributed by atoms with Crippen LogP contribution in [-0.4, -0.2) is 7.05 Å². The van der Waals surface area contributed by atoms with Gasteiger partial charge in [0.15, 0.2) is 0 Å². The van der Waals surface area contributed by atoms with Gasteiger partial charge in [-0.25, -0.2) is 0 Å². The first-order valence-corrected chi connectivity index (χ1v) is 6.90. The van der Waals surface area contributed by atoms with Crippen molar-refractivity contribution >= 4 is 0 Å². The average Bonchev–Trinajstić information content (AvgIpc) is 2.48. The molecule has 0 radical (unpaired) electrons. The van der Waals surface area contributed by atoms with Crippen molar-refractivity contribution in [1.29, 1.82) is 0 Å². The zero-order valence-electron chi connectivity index (χ0n) is 12.0. The van der Waals surface area contributed by atoms with Gasteiger partial charge < -0.3 is 5.32 Å². The quantitative estimate of drug-likeness (QED) is 0.832. The zero-order valence-corrected chi connectivity index (χ0v) is 12.0. The maximum atomic E-state index is 12.6. The molecule has 0 spiro atoms. The maximum absolute atomic E-state index is 12.6. The molecule has 112 valence electrons. The average molecular weight is 293 g/mol. The van der Waals surface area contributed by atoms with Crippen molar-refractivity contribution in [2.24, 2.45) is 0 Å². The molecular formula is C17H18F3N. The number of benzene rings is 2. The minimum absolute atomic E-state index is 0.249. The molecule has 0 amide bonds. The second-order valence-corrected chi connectivity index (χ2v) is 4.95. The molecule has 0 saturated heterocycles. The van der Waals surface area contributed by atoms with Crippen molar-refractivity contribution < 1.29 is 13.2 Å². The number of hydrogen-bond donors (Lipinski definition) is 1. The standard InChI is InChI=1S/C17H18F3N/c1-3-16(21-2)14-6-4-5-13(11-14)12-7-9-15(10-8-12)17(18,19)20/h4-11,16,21H,3H2,1-2H3. The number of nitrogens with one attached hydrogen (secondary N) is 1. The summed E-state index contributed by atoms with van der Waals surface area (Å²) >= 11 is 0. The number of alkyl halides is 3. The summed E-state index contributed by atoms with van der Waals surface area (Å²) in [7, 11) is 1.90. The van der Waals surface area contributed by atoms with E-state index in [-0.39, 0.29) is 6.04 Å². The Labute approximate surface area is 122 Å². The second-order valence-electron chi connectivity index (χ2n) is 4.95. The third-order valence-corrected chi connectivity index (χ3v) is 3.59. The largest absolute Gasteiger partial charge is 0.416 e. The highest BCUT2D eigenvalue weighted by Crippen LogP contribution is 2.31. The lowest BCUT2D eigenvalue weighted by Crippen LogP contribution is -2.15. The van der Waals surface area contributed by atoms with Gasteiger partial charge in [-0.15, -0.1) is 0 Å². The molecule has 1 nitrogen and oxygen atoms in total. The van der Waals surface area contributed by atoms with Crippen LogP contribution in [0, 0.1) is 0 Å². The molecule has 0 aromatic heterocycles. The number of rotatable bonds is 4. The zero-order chi connectivity index (χ0) is 15.5. The Bertz CT molecular complexity index is 584. The molecule has 1 atom stereocenters. The summed E-state index contributed by atoms with van der Waals surface area (Å²) in [6, 6.07) is 13.4. The van der Waals surface area contributed by atoms with E-state index in [0.717, 1.165) is 35.2 Å². The van der Waals surface area contributed by atoms with Crippen molar-refractivity contribution in [3.63, 3.8) is 0 Å². The van der Waals surface area contributed by atoms with Crippen LogP contribution in [0.5, 0.6) is 0 Å². The van der Waals surface area contributed by atoms with Gasteiger partial charge in [-0.05, 0) is 48.4 Å². The Balaban J connectivity index is 2.32. The molecule has 0 aliphatic carbocycles. The van der Waals surface area contributed by atoms with Crippen molar-refractivity contribution in [3.8, 4) is 11.1 Å². The molecule has 21 heavy (non-hydrogen) atoms. The van der Waals surface area contributed by atoms with Gasteiger partial charge in [0.1, 0.15) is 0 Å². The molecule has 0 aliphatic heterocycles. The van der Waals surface area contributed by atoms with Crippen LogP contribution < -0.4 is 5.32 Å². The summed E-state index contributed by atoms with van der Waals surface area (Å²) in [5.41, 5.74) is 2.23. The summed E-state index contributed by atoms with van der Waals surface area (Å²) in [5.74, 6) is 0. The molecule has 1 unspecified atom stereocenters. The fraction of sp³-hybridized carbons (Fsp3) is 0.294. The SMILES string of the molecule is CCC(NC)c1cccc(-c2ccc(C(F)(F)F)cc2)c1. The first-order chi connectivity index (χ1) is 9.95. The Kier molecular flexibility index (Phi) is 4.68. The summed E-state index contributed by atoms with van der Waals surface area (Å²) < 4.78 is 37.7. The lowest BCUT2D eigenvalue weighted by Gasteiger charge is -2.15. The Morgan fingerprint density at radius 2 is 1.67 bits per heavy atom. The first kappa shape index (κ1) is 15.6. The molecule has 2 rings (SSSR count). The van der Waals surface area contributed by atoms with E-state index >= 15 is 0 Å². The minimum Gasteiger partial charge on any atom is -0.313 e. The van der Waals surface area contributed by atoms with Crippen molar-refractivity contribution in [1.82, 2.24) is 5.32 Å². The summed E-state index contributed by atoms with van der Waals surface area (Å²) in [6.45, 7) is 2.09. The highest BCUT2D eigenvalue weighted by molar-refractivity contribution is 5.64. The van der Waals surface area contributed by atoms with Gasteiger partial charge in [0.05, 0.1) is 5.56 Å². The van der Waals surface area contributed by atoms with Gasteiger partial charge in [0.2, 0.25) is 0 Å². The lowest BCUT2D eigenvalue weighted by atomic mass is 9.98. The molecule has 2 aromatic carbocycles. The van der Waals surface area contributed by atoms with Crippen molar-refractivity contribution in [2.45, 2.75) is 25.6 Å². The van der Waals surface area contributed by atoms with E-state index in [1.807, 2.05) is 31.3 Å². The van der Waals surface area contributed by atoms with Crippen LogP contribution in [0.4, 0.5) is 13.2 Å². The summed E-state index contributed by atoms with van der Waals surface area (Å²) in [5, 5.41) is 3.23. The van der Waals surface area contributed by atoms with Gasteiger partial charge in [-0.2, -0.15) is 13.2 Å². The van der Waals surface area contributed by atoms with E-state index in [4.69, 9.17) is 0 Å². The smallest absolute Gasteiger partial charge is 0.313 e. The Morgan fingerprint density at radius 3 is 2.19 bits per heavy atom. The van der Waals surface area contributed by atoms with Gasteiger partial charge in [-0.1, -0.05) is 37.3 Å². The third kappa shape index (κ3) is 3.64. The molecule has 0 saturated carbocycles. The Hall–Kier alpha value is -1.81. The van der Waals surface area contributed by atoms with Gasteiger partial charge >= 0.3 is 6.18 Å². The van der Waals surface area contributed by atoms with Crippen LogP contribution in [0.2, 0.25) is 0 Å². The monoisotopic (exact) mass is 293 g/mol. The molecule has 0 heterocycles. The predicted octanol–water partition coefficient (Wildman–Crippen LogP) is 5.04. The molecular weight excluding hydrogens is 275 g/mol. The van der Waals surface area contributed by atoms with Gasteiger partial charge in [0.25, 0.3) is 0 Å². The number of hydrogen-bond acceptors (Lipinski definition) is 1. The van der Waals surface area contributed by atoms with E-state index in [1.54, 1.807) is 0 Å². The molecule has 2 aromatic rings. The van der Waals surface area contributed by atoms with E-state index in [0.29, 0.717) is 0 Å². The van der Waals surface area contributed by atoms with E-state index in [9.17, 15) is 13.2 Å². The van der Waals surface area contributed by atoms with Crippen LogP contribution in [0.15, 0.2) is 48.5 Å². The van der Waals surface area contributed by atoms with Crippen LogP contribution in [0.1, 0.15) is 30.5 Å². The first-order valence-electron chi connectivity index (χ1n) is 6.90. The van der Waals surface area contributed by atoms with E-state index in [2.05, 4.69) is 12.2 Å².